The fraction of sp³-hybridized carbons (Fsp3) is 0.562. The molecule has 3 amide bonds. The highest BCUT2D eigenvalue weighted by molar-refractivity contribution is 5.98. The lowest BCUT2D eigenvalue weighted by Gasteiger charge is -2.46. The van der Waals surface area contributed by atoms with Gasteiger partial charge in [0.25, 0.3) is 5.91 Å². The summed E-state index contributed by atoms with van der Waals surface area (Å²) in [5.74, 6) is -0.207. The maximum Gasteiger partial charge on any atom is 0.271 e. The minimum Gasteiger partial charge on any atom is -0.348 e. The first kappa shape index (κ1) is 15.0. The minimum absolute atomic E-state index is 0.0237. The highest BCUT2D eigenvalue weighted by Gasteiger charge is 2.49. The largest absolute Gasteiger partial charge is 0.348 e. The minimum atomic E-state index is -0.451. The van der Waals surface area contributed by atoms with E-state index in [0.717, 1.165) is 12.8 Å². The maximum atomic E-state index is 12.7. The van der Waals surface area contributed by atoms with E-state index < -0.39 is 6.04 Å². The molecule has 0 unspecified atom stereocenters. The second-order valence-corrected chi connectivity index (χ2v) is 6.52. The van der Waals surface area contributed by atoms with Gasteiger partial charge in [-0.3, -0.25) is 19.4 Å². The van der Waals surface area contributed by atoms with Crippen molar-refractivity contribution in [1.82, 2.24) is 25.1 Å². The molecule has 0 saturated carbocycles. The third-order valence-electron chi connectivity index (χ3n) is 5.12. The van der Waals surface area contributed by atoms with E-state index in [-0.39, 0.29) is 35.5 Å². The van der Waals surface area contributed by atoms with E-state index in [0.29, 0.717) is 25.9 Å². The summed E-state index contributed by atoms with van der Waals surface area (Å²) in [6, 6.07) is -0.857. The molecule has 4 rings (SSSR count). The number of carbonyl (C=O) groups is 3. The van der Waals surface area contributed by atoms with Crippen LogP contribution < -0.4 is 5.32 Å². The van der Waals surface area contributed by atoms with Gasteiger partial charge >= 0.3 is 0 Å². The van der Waals surface area contributed by atoms with E-state index >= 15 is 0 Å². The molecule has 1 aromatic rings. The summed E-state index contributed by atoms with van der Waals surface area (Å²) in [7, 11) is 0. The number of nitrogens with one attached hydrogen (secondary N) is 1. The van der Waals surface area contributed by atoms with Crippen molar-refractivity contribution >= 4 is 17.7 Å². The number of amides is 3. The van der Waals surface area contributed by atoms with Crippen LogP contribution in [0.2, 0.25) is 0 Å². The standard InChI is InChI=1S/C16H19N5O3/c22-14(11-9-17-4-5-18-11)19-10-3-7-21-13(8-10)16(24)20-6-1-2-12(20)15(21)23/h4-5,9-10,12-13H,1-3,6-8H2,(H,19,22)/t10-,12-,13+/m1/s1. The van der Waals surface area contributed by atoms with Gasteiger partial charge in [-0.15, -0.1) is 0 Å². The summed E-state index contributed by atoms with van der Waals surface area (Å²) in [5.41, 5.74) is 0.255. The molecule has 0 aromatic carbocycles. The van der Waals surface area contributed by atoms with Crippen LogP contribution in [-0.4, -0.2) is 68.7 Å². The van der Waals surface area contributed by atoms with Crippen molar-refractivity contribution < 1.29 is 14.4 Å². The monoisotopic (exact) mass is 329 g/mol. The predicted octanol–water partition coefficient (Wildman–Crippen LogP) is -0.429. The molecule has 24 heavy (non-hydrogen) atoms. The lowest BCUT2D eigenvalue weighted by atomic mass is 9.92. The van der Waals surface area contributed by atoms with E-state index in [4.69, 9.17) is 0 Å². The summed E-state index contributed by atoms with van der Waals surface area (Å²) in [5, 5.41) is 2.91. The molecule has 1 N–H and O–H groups in total. The molecular weight excluding hydrogens is 310 g/mol. The lowest BCUT2D eigenvalue weighted by Crippen LogP contribution is -2.66. The second kappa shape index (κ2) is 5.85. The molecule has 0 bridgehead atoms. The Kier molecular flexibility index (Phi) is 3.66. The summed E-state index contributed by atoms with van der Waals surface area (Å²) >= 11 is 0. The Morgan fingerprint density at radius 2 is 1.88 bits per heavy atom. The number of hydrogen-bond donors (Lipinski definition) is 1. The first-order valence-electron chi connectivity index (χ1n) is 8.33. The number of rotatable bonds is 2. The summed E-state index contributed by atoms with van der Waals surface area (Å²) < 4.78 is 0. The Hall–Kier alpha value is -2.51. The first-order chi connectivity index (χ1) is 11.6. The number of nitrogens with zero attached hydrogens (tertiary/aromatic N) is 4. The normalized spacial score (nSPS) is 29.2. The van der Waals surface area contributed by atoms with Crippen molar-refractivity contribution in [3.8, 4) is 0 Å². The van der Waals surface area contributed by atoms with Crippen molar-refractivity contribution in [3.63, 3.8) is 0 Å². The highest BCUT2D eigenvalue weighted by Crippen LogP contribution is 2.31. The number of hydrogen-bond acceptors (Lipinski definition) is 5. The van der Waals surface area contributed by atoms with Gasteiger partial charge in [0.05, 0.1) is 6.20 Å². The molecule has 0 aliphatic carbocycles. The maximum absolute atomic E-state index is 12.7. The molecule has 8 nitrogen and oxygen atoms in total. The SMILES string of the molecule is O=C(N[C@@H]1CCN2C(=O)[C@H]3CCCN3C(=O)[C@@H]2C1)c1cnccn1. The Bertz CT molecular complexity index is 680. The van der Waals surface area contributed by atoms with Crippen LogP contribution in [0.15, 0.2) is 18.6 Å². The molecule has 3 aliphatic heterocycles. The third-order valence-corrected chi connectivity index (χ3v) is 5.12. The number of fused-ring (bicyclic) bond motifs is 2. The number of piperazine rings is 1. The van der Waals surface area contributed by atoms with Crippen LogP contribution >= 0.6 is 0 Å². The molecule has 0 spiro atoms. The molecule has 3 aliphatic rings. The van der Waals surface area contributed by atoms with Crippen molar-refractivity contribution in [2.24, 2.45) is 0 Å². The zero-order valence-electron chi connectivity index (χ0n) is 13.2. The smallest absolute Gasteiger partial charge is 0.271 e. The van der Waals surface area contributed by atoms with Crippen LogP contribution in [0.4, 0.5) is 0 Å². The van der Waals surface area contributed by atoms with E-state index in [1.165, 1.54) is 18.6 Å². The third kappa shape index (κ3) is 2.42. The van der Waals surface area contributed by atoms with Crippen LogP contribution in [-0.2, 0) is 9.59 Å². The molecule has 3 fully saturated rings. The van der Waals surface area contributed by atoms with E-state index in [2.05, 4.69) is 15.3 Å². The summed E-state index contributed by atoms with van der Waals surface area (Å²) in [4.78, 5) is 48.8. The molecule has 3 atom stereocenters. The lowest BCUT2D eigenvalue weighted by molar-refractivity contribution is -0.161. The average molecular weight is 329 g/mol. The van der Waals surface area contributed by atoms with Gasteiger partial charge < -0.3 is 15.1 Å². The summed E-state index contributed by atoms with van der Waals surface area (Å²) in [6.45, 7) is 1.17. The number of piperidine rings is 1. The zero-order valence-corrected chi connectivity index (χ0v) is 13.2. The van der Waals surface area contributed by atoms with Crippen molar-refractivity contribution in [1.29, 1.82) is 0 Å². The quantitative estimate of drug-likeness (QED) is 0.794. The van der Waals surface area contributed by atoms with Crippen molar-refractivity contribution in [3.05, 3.63) is 24.3 Å². The van der Waals surface area contributed by atoms with Crippen LogP contribution in [0.5, 0.6) is 0 Å². The Balaban J connectivity index is 1.46. The van der Waals surface area contributed by atoms with Crippen molar-refractivity contribution in [2.75, 3.05) is 13.1 Å². The number of carbonyl (C=O) groups excluding carboxylic acids is 3. The van der Waals surface area contributed by atoms with E-state index in [1.807, 2.05) is 0 Å². The first-order valence-corrected chi connectivity index (χ1v) is 8.33. The Morgan fingerprint density at radius 1 is 1.08 bits per heavy atom. The topological polar surface area (TPSA) is 95.5 Å². The van der Waals surface area contributed by atoms with E-state index in [9.17, 15) is 14.4 Å². The van der Waals surface area contributed by atoms with Crippen molar-refractivity contribution in [2.45, 2.75) is 43.8 Å². The van der Waals surface area contributed by atoms with Crippen LogP contribution in [0.3, 0.4) is 0 Å². The van der Waals surface area contributed by atoms with Crippen LogP contribution in [0, 0.1) is 0 Å². The average Bonchev–Trinajstić information content (AvgIpc) is 3.10. The Labute approximate surface area is 139 Å². The Morgan fingerprint density at radius 3 is 2.67 bits per heavy atom. The molecule has 126 valence electrons. The van der Waals surface area contributed by atoms with E-state index in [1.54, 1.807) is 9.80 Å². The molecule has 8 heteroatoms. The highest BCUT2D eigenvalue weighted by atomic mass is 16.2. The molecule has 3 saturated heterocycles. The van der Waals surface area contributed by atoms with Gasteiger partial charge in [-0.25, -0.2) is 4.98 Å². The van der Waals surface area contributed by atoms with Gasteiger partial charge in [0, 0.05) is 31.5 Å². The molecule has 1 aromatic heterocycles. The molecular formula is C16H19N5O3. The van der Waals surface area contributed by atoms with Gasteiger partial charge in [-0.05, 0) is 25.7 Å². The second-order valence-electron chi connectivity index (χ2n) is 6.52. The fourth-order valence-electron chi connectivity index (χ4n) is 3.94. The van der Waals surface area contributed by atoms with Crippen LogP contribution in [0.1, 0.15) is 36.2 Å². The van der Waals surface area contributed by atoms with Gasteiger partial charge in [-0.2, -0.15) is 0 Å². The van der Waals surface area contributed by atoms with Gasteiger partial charge in [0.1, 0.15) is 17.8 Å². The summed E-state index contributed by atoms with van der Waals surface area (Å²) in [6.07, 6.45) is 7.14. The molecule has 4 heterocycles. The van der Waals surface area contributed by atoms with Crippen LogP contribution in [0.25, 0.3) is 0 Å². The van der Waals surface area contributed by atoms with Gasteiger partial charge in [-0.1, -0.05) is 0 Å². The van der Waals surface area contributed by atoms with Gasteiger partial charge in [0.15, 0.2) is 0 Å². The number of aromatic nitrogens is 2. The zero-order chi connectivity index (χ0) is 16.7. The van der Waals surface area contributed by atoms with Gasteiger partial charge in [0.2, 0.25) is 11.8 Å². The predicted molar refractivity (Wildman–Crippen MR) is 82.8 cm³/mol. The molecule has 0 radical (unpaired) electrons. The fourth-order valence-corrected chi connectivity index (χ4v) is 3.94.